The highest BCUT2D eigenvalue weighted by Crippen LogP contribution is 2.46. The van der Waals surface area contributed by atoms with E-state index < -0.39 is 0 Å². The van der Waals surface area contributed by atoms with Crippen LogP contribution in [0.15, 0.2) is 0 Å². The molecule has 0 unspecified atom stereocenters. The summed E-state index contributed by atoms with van der Waals surface area (Å²) in [5.74, 6) is 1.55. The van der Waals surface area contributed by atoms with E-state index in [0.717, 1.165) is 6.42 Å². The van der Waals surface area contributed by atoms with E-state index >= 15 is 0 Å². The Bertz CT molecular complexity index is 191. The molecule has 0 bridgehead atoms. The van der Waals surface area contributed by atoms with Gasteiger partial charge in [-0.05, 0) is 17.8 Å². The molecule has 1 aliphatic carbocycles. The molecule has 0 saturated heterocycles. The summed E-state index contributed by atoms with van der Waals surface area (Å²) in [6.45, 7) is 10.8. The summed E-state index contributed by atoms with van der Waals surface area (Å²) in [7, 11) is 0. The Balaban J connectivity index is 2.89. The van der Waals surface area contributed by atoms with Gasteiger partial charge in [-0.3, -0.25) is 4.79 Å². The highest BCUT2D eigenvalue weighted by Gasteiger charge is 2.46. The standard InChI is InChI=1S/C11H20O/c1-7(2)9-10(12)8(3)6-11(9,4)5/h7-9H,6H2,1-5H3/t8-,9-/m1/s1. The molecule has 0 N–H and O–H groups in total. The molecule has 2 atom stereocenters. The summed E-state index contributed by atoms with van der Waals surface area (Å²) in [5.41, 5.74) is 0.227. The first kappa shape index (κ1) is 9.76. The maximum atomic E-state index is 11.8. The fraction of sp³-hybridized carbons (Fsp3) is 0.909. The Kier molecular flexibility index (Phi) is 2.33. The van der Waals surface area contributed by atoms with Crippen molar-refractivity contribution in [3.05, 3.63) is 0 Å². The molecule has 1 rings (SSSR count). The van der Waals surface area contributed by atoms with Crippen LogP contribution in [-0.4, -0.2) is 5.78 Å². The zero-order chi connectivity index (χ0) is 9.52. The second-order valence-corrected chi connectivity index (χ2v) is 5.22. The number of Topliss-reactive ketones (excluding diaryl/α,β-unsaturated/α-hetero) is 1. The molecule has 0 spiro atoms. The van der Waals surface area contributed by atoms with Crippen molar-refractivity contribution in [2.75, 3.05) is 0 Å². The topological polar surface area (TPSA) is 17.1 Å². The minimum absolute atomic E-state index is 0.227. The largest absolute Gasteiger partial charge is 0.299 e. The van der Waals surface area contributed by atoms with Gasteiger partial charge in [-0.25, -0.2) is 0 Å². The van der Waals surface area contributed by atoms with Gasteiger partial charge in [0.1, 0.15) is 5.78 Å². The average Bonchev–Trinajstić information content (AvgIpc) is 2.01. The van der Waals surface area contributed by atoms with Crippen molar-refractivity contribution in [1.29, 1.82) is 0 Å². The molecule has 1 nitrogen and oxygen atoms in total. The van der Waals surface area contributed by atoms with Gasteiger partial charge in [-0.1, -0.05) is 34.6 Å². The van der Waals surface area contributed by atoms with Crippen molar-refractivity contribution < 1.29 is 4.79 Å². The van der Waals surface area contributed by atoms with Crippen LogP contribution in [0.25, 0.3) is 0 Å². The van der Waals surface area contributed by atoms with E-state index in [1.807, 2.05) is 0 Å². The smallest absolute Gasteiger partial charge is 0.139 e. The van der Waals surface area contributed by atoms with Crippen LogP contribution in [0.1, 0.15) is 41.0 Å². The van der Waals surface area contributed by atoms with Gasteiger partial charge < -0.3 is 0 Å². The third-order valence-corrected chi connectivity index (χ3v) is 3.13. The third kappa shape index (κ3) is 1.41. The van der Waals surface area contributed by atoms with Crippen molar-refractivity contribution in [3.8, 4) is 0 Å². The lowest BCUT2D eigenvalue weighted by molar-refractivity contribution is -0.125. The summed E-state index contributed by atoms with van der Waals surface area (Å²) in [4.78, 5) is 11.8. The first-order valence-electron chi connectivity index (χ1n) is 4.90. The molecular weight excluding hydrogens is 148 g/mol. The molecule has 0 radical (unpaired) electrons. The minimum Gasteiger partial charge on any atom is -0.299 e. The van der Waals surface area contributed by atoms with Gasteiger partial charge in [-0.2, -0.15) is 0 Å². The lowest BCUT2D eigenvalue weighted by Crippen LogP contribution is -2.27. The normalized spacial score (nSPS) is 34.7. The second kappa shape index (κ2) is 2.86. The van der Waals surface area contributed by atoms with Gasteiger partial charge >= 0.3 is 0 Å². The van der Waals surface area contributed by atoms with Crippen molar-refractivity contribution in [1.82, 2.24) is 0 Å². The molecule has 0 aromatic carbocycles. The molecule has 1 heteroatoms. The van der Waals surface area contributed by atoms with Gasteiger partial charge in [0.25, 0.3) is 0 Å². The first-order chi connectivity index (χ1) is 5.36. The van der Waals surface area contributed by atoms with E-state index in [1.165, 1.54) is 0 Å². The predicted octanol–water partition coefficient (Wildman–Crippen LogP) is 2.89. The SMILES string of the molecule is CC(C)[C@@H]1C(=O)[C@H](C)CC1(C)C. The predicted molar refractivity (Wildman–Crippen MR) is 50.9 cm³/mol. The van der Waals surface area contributed by atoms with Crippen LogP contribution < -0.4 is 0 Å². The molecule has 1 saturated carbocycles. The molecule has 1 fully saturated rings. The summed E-state index contributed by atoms with van der Waals surface area (Å²) in [6, 6.07) is 0. The molecule has 12 heavy (non-hydrogen) atoms. The molecule has 0 heterocycles. The van der Waals surface area contributed by atoms with Gasteiger partial charge in [0.15, 0.2) is 0 Å². The molecular formula is C11H20O. The van der Waals surface area contributed by atoms with Gasteiger partial charge in [-0.15, -0.1) is 0 Å². The zero-order valence-corrected chi connectivity index (χ0v) is 8.85. The number of rotatable bonds is 1. The first-order valence-corrected chi connectivity index (χ1v) is 4.90. The van der Waals surface area contributed by atoms with E-state index in [-0.39, 0.29) is 17.3 Å². The van der Waals surface area contributed by atoms with E-state index in [1.54, 1.807) is 0 Å². The summed E-state index contributed by atoms with van der Waals surface area (Å²) >= 11 is 0. The van der Waals surface area contributed by atoms with Gasteiger partial charge in [0, 0.05) is 11.8 Å². The maximum Gasteiger partial charge on any atom is 0.139 e. The van der Waals surface area contributed by atoms with Crippen molar-refractivity contribution in [2.45, 2.75) is 41.0 Å². The van der Waals surface area contributed by atoms with Crippen LogP contribution in [0.2, 0.25) is 0 Å². The van der Waals surface area contributed by atoms with Crippen molar-refractivity contribution in [3.63, 3.8) is 0 Å². The van der Waals surface area contributed by atoms with Crippen molar-refractivity contribution in [2.24, 2.45) is 23.2 Å². The quantitative estimate of drug-likeness (QED) is 0.588. The Morgan fingerprint density at radius 1 is 1.42 bits per heavy atom. The lowest BCUT2D eigenvalue weighted by atomic mass is 9.75. The minimum atomic E-state index is 0.227. The Morgan fingerprint density at radius 3 is 2.08 bits per heavy atom. The van der Waals surface area contributed by atoms with E-state index in [0.29, 0.717) is 11.7 Å². The highest BCUT2D eigenvalue weighted by molar-refractivity contribution is 5.86. The van der Waals surface area contributed by atoms with Gasteiger partial charge in [0.2, 0.25) is 0 Å². The highest BCUT2D eigenvalue weighted by atomic mass is 16.1. The fourth-order valence-electron chi connectivity index (χ4n) is 2.94. The molecule has 0 amide bonds. The van der Waals surface area contributed by atoms with E-state index in [2.05, 4.69) is 34.6 Å². The van der Waals surface area contributed by atoms with E-state index in [9.17, 15) is 4.79 Å². The second-order valence-electron chi connectivity index (χ2n) is 5.22. The number of hydrogen-bond donors (Lipinski definition) is 0. The summed E-state index contributed by atoms with van der Waals surface area (Å²) in [6.07, 6.45) is 1.06. The number of ketones is 1. The lowest BCUT2D eigenvalue weighted by Gasteiger charge is -2.28. The molecule has 0 aromatic rings. The third-order valence-electron chi connectivity index (χ3n) is 3.13. The molecule has 70 valence electrons. The number of hydrogen-bond acceptors (Lipinski definition) is 1. The number of carbonyl (C=O) groups excluding carboxylic acids is 1. The van der Waals surface area contributed by atoms with Crippen LogP contribution >= 0.6 is 0 Å². The maximum absolute atomic E-state index is 11.8. The fourth-order valence-corrected chi connectivity index (χ4v) is 2.94. The average molecular weight is 168 g/mol. The Labute approximate surface area is 75.5 Å². The Morgan fingerprint density at radius 2 is 1.92 bits per heavy atom. The van der Waals surface area contributed by atoms with Crippen LogP contribution in [-0.2, 0) is 4.79 Å². The Hall–Kier alpha value is -0.330. The zero-order valence-electron chi connectivity index (χ0n) is 8.85. The molecule has 0 aromatic heterocycles. The van der Waals surface area contributed by atoms with Gasteiger partial charge in [0.05, 0.1) is 0 Å². The van der Waals surface area contributed by atoms with Crippen LogP contribution in [0.5, 0.6) is 0 Å². The monoisotopic (exact) mass is 168 g/mol. The summed E-state index contributed by atoms with van der Waals surface area (Å²) < 4.78 is 0. The van der Waals surface area contributed by atoms with Crippen LogP contribution in [0.3, 0.4) is 0 Å². The van der Waals surface area contributed by atoms with E-state index in [4.69, 9.17) is 0 Å². The molecule has 1 aliphatic rings. The molecule has 0 aliphatic heterocycles. The van der Waals surface area contributed by atoms with Crippen LogP contribution in [0.4, 0.5) is 0 Å². The van der Waals surface area contributed by atoms with Crippen LogP contribution in [0, 0.1) is 23.2 Å². The summed E-state index contributed by atoms with van der Waals surface area (Å²) in [5, 5.41) is 0. The number of carbonyl (C=O) groups is 1. The van der Waals surface area contributed by atoms with Crippen molar-refractivity contribution >= 4 is 5.78 Å².